The number of carbonyl (C=O) groups excluding carboxylic acids is 1. The van der Waals surface area contributed by atoms with Crippen molar-refractivity contribution in [1.29, 1.82) is 0 Å². The topological polar surface area (TPSA) is 63.9 Å². The van der Waals surface area contributed by atoms with Crippen LogP contribution in [0.2, 0.25) is 0 Å². The normalized spacial score (nSPS) is 23.0. The Hall–Kier alpha value is -2.54. The van der Waals surface area contributed by atoms with Crippen LogP contribution in [0.4, 0.5) is 0 Å². The summed E-state index contributed by atoms with van der Waals surface area (Å²) in [6.45, 7) is 2.00. The van der Waals surface area contributed by atoms with Crippen molar-refractivity contribution in [3.05, 3.63) is 70.2 Å². The van der Waals surface area contributed by atoms with Crippen molar-refractivity contribution in [3.8, 4) is 5.69 Å². The number of carbonyl (C=O) groups is 1. The first-order valence-electron chi connectivity index (χ1n) is 10.0. The molecule has 2 fully saturated rings. The van der Waals surface area contributed by atoms with Crippen LogP contribution in [0.15, 0.2) is 53.4 Å². The molecule has 2 aromatic heterocycles. The van der Waals surface area contributed by atoms with Gasteiger partial charge in [-0.2, -0.15) is 15.0 Å². The van der Waals surface area contributed by atoms with Crippen molar-refractivity contribution < 1.29 is 4.79 Å². The first kappa shape index (κ1) is 18.5. The number of nitrogens with zero attached hydrogens (tertiary/aromatic N) is 5. The van der Waals surface area contributed by atoms with E-state index in [2.05, 4.69) is 42.1 Å². The maximum atomic E-state index is 13.7. The quantitative estimate of drug-likeness (QED) is 0.601. The molecule has 2 bridgehead atoms. The second kappa shape index (κ2) is 7.37. The minimum Gasteiger partial charge on any atom is -0.332 e. The predicted molar refractivity (Wildman–Crippen MR) is 113 cm³/mol. The number of hydrogen-bond donors (Lipinski definition) is 0. The van der Waals surface area contributed by atoms with Crippen LogP contribution in [0.3, 0.4) is 0 Å². The van der Waals surface area contributed by atoms with Gasteiger partial charge in [-0.1, -0.05) is 12.1 Å². The number of para-hydroxylation sites is 1. The Kier molecular flexibility index (Phi) is 4.70. The van der Waals surface area contributed by atoms with Crippen molar-refractivity contribution in [2.24, 2.45) is 5.92 Å². The maximum Gasteiger partial charge on any atom is 0.256 e. The summed E-state index contributed by atoms with van der Waals surface area (Å²) in [6.07, 6.45) is 9.25. The number of aryl methyl sites for hydroxylation is 1. The highest BCUT2D eigenvalue weighted by Gasteiger charge is 2.48. The van der Waals surface area contributed by atoms with Gasteiger partial charge in [0.05, 0.1) is 18.0 Å². The summed E-state index contributed by atoms with van der Waals surface area (Å²) in [4.78, 5) is 21.9. The van der Waals surface area contributed by atoms with Crippen LogP contribution in [0.25, 0.3) is 5.69 Å². The van der Waals surface area contributed by atoms with E-state index >= 15 is 0 Å². The molecule has 6 nitrogen and oxygen atoms in total. The highest BCUT2D eigenvalue weighted by molar-refractivity contribution is 9.10. The number of halogens is 1. The summed E-state index contributed by atoms with van der Waals surface area (Å²) >= 11 is 3.45. The van der Waals surface area contributed by atoms with Crippen LogP contribution < -0.4 is 0 Å². The number of amides is 1. The lowest BCUT2D eigenvalue weighted by atomic mass is 9.86. The number of hydrogen-bond acceptors (Lipinski definition) is 4. The molecule has 2 aliphatic rings. The Bertz CT molecular complexity index is 1030. The van der Waals surface area contributed by atoms with Crippen molar-refractivity contribution in [2.45, 2.75) is 44.7 Å². The molecule has 3 unspecified atom stereocenters. The van der Waals surface area contributed by atoms with Gasteiger partial charge in [0.15, 0.2) is 0 Å². The Morgan fingerprint density at radius 1 is 1.17 bits per heavy atom. The Morgan fingerprint density at radius 3 is 2.76 bits per heavy atom. The second-order valence-corrected chi connectivity index (χ2v) is 8.88. The monoisotopic (exact) mass is 451 g/mol. The number of pyridine rings is 1. The fourth-order valence-electron chi connectivity index (χ4n) is 5.01. The molecule has 29 heavy (non-hydrogen) atoms. The van der Waals surface area contributed by atoms with Gasteiger partial charge in [-0.05, 0) is 78.2 Å². The van der Waals surface area contributed by atoms with Gasteiger partial charge in [0, 0.05) is 28.4 Å². The van der Waals surface area contributed by atoms with Crippen LogP contribution in [0.5, 0.6) is 0 Å². The van der Waals surface area contributed by atoms with E-state index in [1.165, 1.54) is 0 Å². The van der Waals surface area contributed by atoms with Gasteiger partial charge in [-0.3, -0.25) is 9.78 Å². The summed E-state index contributed by atoms with van der Waals surface area (Å²) in [7, 11) is 0. The summed E-state index contributed by atoms with van der Waals surface area (Å²) < 4.78 is 0.991. The SMILES string of the molecule is Cc1cccc(C(=O)N2C3CCC2C(Cc2ccc(Br)cn2)C3)c1-n1nccn1. The lowest BCUT2D eigenvalue weighted by molar-refractivity contribution is 0.0718. The smallest absolute Gasteiger partial charge is 0.256 e. The average Bonchev–Trinajstić information content (AvgIpc) is 3.45. The molecule has 1 aromatic carbocycles. The Labute approximate surface area is 178 Å². The van der Waals surface area contributed by atoms with Crippen LogP contribution in [-0.4, -0.2) is 42.9 Å². The highest BCUT2D eigenvalue weighted by Crippen LogP contribution is 2.44. The molecule has 0 saturated carbocycles. The molecule has 4 heterocycles. The molecular formula is C22H22BrN5O. The van der Waals surface area contributed by atoms with E-state index in [0.29, 0.717) is 17.5 Å². The number of benzene rings is 1. The van der Waals surface area contributed by atoms with Crippen molar-refractivity contribution in [3.63, 3.8) is 0 Å². The van der Waals surface area contributed by atoms with Crippen LogP contribution >= 0.6 is 15.9 Å². The summed E-state index contributed by atoms with van der Waals surface area (Å²) in [6, 6.07) is 10.5. The number of rotatable bonds is 4. The zero-order chi connectivity index (χ0) is 20.0. The van der Waals surface area contributed by atoms with Gasteiger partial charge in [-0.25, -0.2) is 0 Å². The molecule has 148 valence electrons. The van der Waals surface area contributed by atoms with E-state index in [4.69, 9.17) is 0 Å². The molecule has 2 aliphatic heterocycles. The van der Waals surface area contributed by atoms with E-state index < -0.39 is 0 Å². The summed E-state index contributed by atoms with van der Waals surface area (Å²) in [5, 5.41) is 8.54. The van der Waals surface area contributed by atoms with Crippen molar-refractivity contribution in [1.82, 2.24) is 24.9 Å². The van der Waals surface area contributed by atoms with Gasteiger partial charge in [-0.15, -0.1) is 0 Å². The third kappa shape index (κ3) is 3.27. The van der Waals surface area contributed by atoms with Gasteiger partial charge in [0.2, 0.25) is 0 Å². The van der Waals surface area contributed by atoms with E-state index in [1.807, 2.05) is 37.4 Å². The minimum atomic E-state index is 0.0970. The third-order valence-corrected chi connectivity index (χ3v) is 6.72. The molecule has 3 aromatic rings. The standard InChI is InChI=1S/C22H22BrN5O/c1-14-3-2-4-19(21(14)28-25-9-10-26-28)22(29)27-18-7-8-20(27)15(12-18)11-17-6-5-16(23)13-24-17/h2-6,9-10,13,15,18,20H,7-8,11-12H2,1H3. The molecule has 3 atom stereocenters. The Balaban J connectivity index is 1.43. The first-order chi connectivity index (χ1) is 14.1. The fourth-order valence-corrected chi connectivity index (χ4v) is 5.25. The van der Waals surface area contributed by atoms with Gasteiger partial charge in [0.25, 0.3) is 5.91 Å². The van der Waals surface area contributed by atoms with Crippen LogP contribution in [0, 0.1) is 12.8 Å². The lowest BCUT2D eigenvalue weighted by Crippen LogP contribution is -2.37. The molecule has 2 saturated heterocycles. The molecule has 7 heteroatoms. The predicted octanol–water partition coefficient (Wildman–Crippen LogP) is 3.97. The van der Waals surface area contributed by atoms with Crippen LogP contribution in [-0.2, 0) is 6.42 Å². The van der Waals surface area contributed by atoms with Gasteiger partial charge >= 0.3 is 0 Å². The third-order valence-electron chi connectivity index (χ3n) is 6.25. The van der Waals surface area contributed by atoms with E-state index in [-0.39, 0.29) is 11.9 Å². The lowest BCUT2D eigenvalue weighted by Gasteiger charge is -2.25. The molecule has 0 N–H and O–H groups in total. The maximum absolute atomic E-state index is 13.7. The van der Waals surface area contributed by atoms with Crippen LogP contribution in [0.1, 0.15) is 40.9 Å². The van der Waals surface area contributed by atoms with Gasteiger partial charge < -0.3 is 4.90 Å². The van der Waals surface area contributed by atoms with E-state index in [0.717, 1.165) is 47.1 Å². The zero-order valence-electron chi connectivity index (χ0n) is 16.2. The highest BCUT2D eigenvalue weighted by atomic mass is 79.9. The van der Waals surface area contributed by atoms with Crippen molar-refractivity contribution in [2.75, 3.05) is 0 Å². The zero-order valence-corrected chi connectivity index (χ0v) is 17.8. The molecule has 0 radical (unpaired) electrons. The van der Waals surface area contributed by atoms with Gasteiger partial charge in [0.1, 0.15) is 5.69 Å². The molecule has 5 rings (SSSR count). The molecular weight excluding hydrogens is 430 g/mol. The molecule has 1 amide bonds. The minimum absolute atomic E-state index is 0.0970. The average molecular weight is 452 g/mol. The summed E-state index contributed by atoms with van der Waals surface area (Å²) in [5.74, 6) is 0.558. The number of fused-ring (bicyclic) bond motifs is 2. The largest absolute Gasteiger partial charge is 0.332 e. The summed E-state index contributed by atoms with van der Waals surface area (Å²) in [5.41, 5.74) is 3.55. The molecule has 0 aliphatic carbocycles. The van der Waals surface area contributed by atoms with E-state index in [1.54, 1.807) is 17.2 Å². The van der Waals surface area contributed by atoms with Crippen molar-refractivity contribution >= 4 is 21.8 Å². The Morgan fingerprint density at radius 2 is 2.00 bits per heavy atom. The van der Waals surface area contributed by atoms with E-state index in [9.17, 15) is 4.79 Å². The second-order valence-electron chi connectivity index (χ2n) is 7.97. The first-order valence-corrected chi connectivity index (χ1v) is 10.8. The molecule has 0 spiro atoms. The number of aromatic nitrogens is 4. The fraction of sp³-hybridized carbons (Fsp3) is 0.364.